The number of imidazole rings is 1. The fraction of sp³-hybridized carbons (Fsp3) is 0.167. The number of primary amides is 1. The number of aromatic amines is 1. The third kappa shape index (κ3) is 3.52. The van der Waals surface area contributed by atoms with Gasteiger partial charge >= 0.3 is 0 Å². The zero-order chi connectivity index (χ0) is 22.3. The minimum absolute atomic E-state index is 0.130. The van der Waals surface area contributed by atoms with Crippen molar-refractivity contribution >= 4 is 32.7 Å². The van der Waals surface area contributed by atoms with Crippen LogP contribution in [-0.4, -0.2) is 30.8 Å². The van der Waals surface area contributed by atoms with Crippen molar-refractivity contribution in [2.45, 2.75) is 24.2 Å². The summed E-state index contributed by atoms with van der Waals surface area (Å²) < 4.78 is 28.6. The van der Waals surface area contributed by atoms with Gasteiger partial charge in [-0.25, -0.2) is 13.4 Å². The highest BCUT2D eigenvalue weighted by Crippen LogP contribution is 2.32. The number of benzene rings is 3. The molecule has 0 spiro atoms. The summed E-state index contributed by atoms with van der Waals surface area (Å²) in [7, 11) is -3.81. The monoisotopic (exact) mass is 446 g/mol. The number of para-hydroxylation sites is 3. The quantitative estimate of drug-likeness (QED) is 0.490. The van der Waals surface area contributed by atoms with Gasteiger partial charge in [0, 0.05) is 18.5 Å². The van der Waals surface area contributed by atoms with Crippen molar-refractivity contribution in [1.82, 2.24) is 9.97 Å². The van der Waals surface area contributed by atoms with E-state index in [-0.39, 0.29) is 16.9 Å². The second-order valence-corrected chi connectivity index (χ2v) is 9.73. The fourth-order valence-electron chi connectivity index (χ4n) is 4.26. The molecule has 0 bridgehead atoms. The van der Waals surface area contributed by atoms with E-state index in [0.29, 0.717) is 23.6 Å². The van der Waals surface area contributed by atoms with Crippen molar-refractivity contribution in [3.05, 3.63) is 89.2 Å². The van der Waals surface area contributed by atoms with E-state index in [1.165, 1.54) is 16.4 Å². The normalized spacial score (nSPS) is 13.8. The number of carbonyl (C=O) groups excluding carboxylic acids is 1. The van der Waals surface area contributed by atoms with E-state index < -0.39 is 15.9 Å². The summed E-state index contributed by atoms with van der Waals surface area (Å²) in [5, 5.41) is 0. The van der Waals surface area contributed by atoms with Crippen LogP contribution in [0.2, 0.25) is 0 Å². The molecule has 0 fully saturated rings. The van der Waals surface area contributed by atoms with Crippen LogP contribution in [0.15, 0.2) is 71.6 Å². The lowest BCUT2D eigenvalue weighted by atomic mass is 10.0. The number of sulfonamides is 1. The molecule has 5 rings (SSSR count). The molecule has 7 nitrogen and oxygen atoms in total. The summed E-state index contributed by atoms with van der Waals surface area (Å²) in [5.41, 5.74) is 9.77. The van der Waals surface area contributed by atoms with Gasteiger partial charge in [0.15, 0.2) is 0 Å². The van der Waals surface area contributed by atoms with Gasteiger partial charge in [0.2, 0.25) is 5.91 Å². The van der Waals surface area contributed by atoms with Gasteiger partial charge in [-0.15, -0.1) is 0 Å². The molecule has 0 unspecified atom stereocenters. The lowest BCUT2D eigenvalue weighted by molar-refractivity contribution is 0.0999. The molecular formula is C24H22N4O3S. The number of carbonyl (C=O) groups is 1. The van der Waals surface area contributed by atoms with Crippen molar-refractivity contribution in [2.75, 3.05) is 10.8 Å². The maximum Gasteiger partial charge on any atom is 0.264 e. The molecular weight excluding hydrogens is 424 g/mol. The molecule has 0 atom stereocenters. The topological polar surface area (TPSA) is 109 Å². The van der Waals surface area contributed by atoms with E-state index in [1.54, 1.807) is 6.07 Å². The number of amides is 1. The van der Waals surface area contributed by atoms with E-state index in [0.717, 1.165) is 29.4 Å². The van der Waals surface area contributed by atoms with Crippen molar-refractivity contribution in [3.8, 4) is 0 Å². The van der Waals surface area contributed by atoms with Crippen LogP contribution in [-0.2, 0) is 22.9 Å². The summed E-state index contributed by atoms with van der Waals surface area (Å²) in [5.74, 6) is 0.0231. The molecule has 2 heterocycles. The van der Waals surface area contributed by atoms with Crippen LogP contribution < -0.4 is 10.0 Å². The average molecular weight is 447 g/mol. The Hall–Kier alpha value is -3.65. The average Bonchev–Trinajstić information content (AvgIpc) is 3.20. The molecule has 0 radical (unpaired) electrons. The highest BCUT2D eigenvalue weighted by atomic mass is 32.2. The Morgan fingerprint density at radius 1 is 1.06 bits per heavy atom. The maximum absolute atomic E-state index is 13.6. The van der Waals surface area contributed by atoms with Crippen LogP contribution in [0.25, 0.3) is 11.0 Å². The molecule has 1 aromatic heterocycles. The molecule has 8 heteroatoms. The molecule has 3 N–H and O–H groups in total. The minimum Gasteiger partial charge on any atom is -0.366 e. The predicted octanol–water partition coefficient (Wildman–Crippen LogP) is 3.39. The summed E-state index contributed by atoms with van der Waals surface area (Å²) in [6, 6.07) is 19.6. The lowest BCUT2D eigenvalue weighted by Crippen LogP contribution is -2.35. The number of aromatic nitrogens is 2. The molecule has 1 aliphatic heterocycles. The molecule has 3 aromatic carbocycles. The second-order valence-electron chi connectivity index (χ2n) is 7.87. The third-order valence-corrected chi connectivity index (χ3v) is 7.60. The SMILES string of the molecule is NC(=O)c1ccc(S(=O)(=O)N2CCCc3ccccc32)cc1Cc1nc2ccccc2[nH]1. The Kier molecular flexibility index (Phi) is 4.94. The first-order chi connectivity index (χ1) is 15.4. The van der Waals surface area contributed by atoms with Gasteiger partial charge in [-0.1, -0.05) is 30.3 Å². The van der Waals surface area contributed by atoms with Crippen molar-refractivity contribution in [1.29, 1.82) is 0 Å². The predicted molar refractivity (Wildman–Crippen MR) is 123 cm³/mol. The van der Waals surface area contributed by atoms with Gasteiger partial charge in [-0.05, 0) is 60.4 Å². The molecule has 32 heavy (non-hydrogen) atoms. The number of hydrogen-bond donors (Lipinski definition) is 2. The number of H-pyrrole nitrogens is 1. The third-order valence-electron chi connectivity index (χ3n) is 5.79. The molecule has 0 saturated heterocycles. The Morgan fingerprint density at radius 2 is 1.84 bits per heavy atom. The van der Waals surface area contributed by atoms with Crippen LogP contribution in [0.1, 0.15) is 33.7 Å². The maximum atomic E-state index is 13.6. The number of hydrogen-bond acceptors (Lipinski definition) is 4. The fourth-order valence-corrected chi connectivity index (χ4v) is 5.86. The van der Waals surface area contributed by atoms with Gasteiger partial charge in [0.25, 0.3) is 10.0 Å². The van der Waals surface area contributed by atoms with Gasteiger partial charge in [-0.3, -0.25) is 9.10 Å². The Morgan fingerprint density at radius 3 is 2.66 bits per heavy atom. The number of nitrogens with one attached hydrogen (secondary N) is 1. The van der Waals surface area contributed by atoms with E-state index in [1.807, 2.05) is 48.5 Å². The van der Waals surface area contributed by atoms with Crippen molar-refractivity contribution < 1.29 is 13.2 Å². The first-order valence-corrected chi connectivity index (χ1v) is 11.8. The summed E-state index contributed by atoms with van der Waals surface area (Å²) in [6.07, 6.45) is 1.86. The number of fused-ring (bicyclic) bond motifs is 2. The second kappa shape index (κ2) is 7.80. The molecule has 0 aliphatic carbocycles. The van der Waals surface area contributed by atoms with Crippen LogP contribution in [0.3, 0.4) is 0 Å². The van der Waals surface area contributed by atoms with Crippen molar-refractivity contribution in [3.63, 3.8) is 0 Å². The number of nitrogens with zero attached hydrogens (tertiary/aromatic N) is 2. The zero-order valence-electron chi connectivity index (χ0n) is 17.3. The Bertz CT molecular complexity index is 1410. The van der Waals surface area contributed by atoms with E-state index in [9.17, 15) is 13.2 Å². The van der Waals surface area contributed by atoms with Gasteiger partial charge in [-0.2, -0.15) is 0 Å². The van der Waals surface area contributed by atoms with Crippen LogP contribution in [0.4, 0.5) is 5.69 Å². The lowest BCUT2D eigenvalue weighted by Gasteiger charge is -2.30. The number of rotatable bonds is 5. The smallest absolute Gasteiger partial charge is 0.264 e. The van der Waals surface area contributed by atoms with E-state index in [2.05, 4.69) is 9.97 Å². The van der Waals surface area contributed by atoms with E-state index in [4.69, 9.17) is 5.73 Å². The molecule has 162 valence electrons. The molecule has 1 aliphatic rings. The zero-order valence-corrected chi connectivity index (χ0v) is 18.1. The highest BCUT2D eigenvalue weighted by molar-refractivity contribution is 7.92. The van der Waals surface area contributed by atoms with Crippen LogP contribution in [0.5, 0.6) is 0 Å². The Balaban J connectivity index is 1.56. The van der Waals surface area contributed by atoms with Gasteiger partial charge in [0.1, 0.15) is 5.82 Å². The largest absolute Gasteiger partial charge is 0.366 e. The van der Waals surface area contributed by atoms with Crippen LogP contribution in [0, 0.1) is 0 Å². The summed E-state index contributed by atoms with van der Waals surface area (Å²) in [6.45, 7) is 0.413. The van der Waals surface area contributed by atoms with Gasteiger partial charge < -0.3 is 10.7 Å². The molecule has 1 amide bonds. The van der Waals surface area contributed by atoms with E-state index >= 15 is 0 Å². The first kappa shape index (κ1) is 20.3. The van der Waals surface area contributed by atoms with Gasteiger partial charge in [0.05, 0.1) is 21.6 Å². The molecule has 0 saturated carbocycles. The summed E-state index contributed by atoms with van der Waals surface area (Å²) >= 11 is 0. The first-order valence-electron chi connectivity index (χ1n) is 10.4. The van der Waals surface area contributed by atoms with Crippen molar-refractivity contribution in [2.24, 2.45) is 5.73 Å². The summed E-state index contributed by atoms with van der Waals surface area (Å²) in [4.78, 5) is 19.9. The highest BCUT2D eigenvalue weighted by Gasteiger charge is 2.29. The Labute approximate surface area is 185 Å². The minimum atomic E-state index is -3.81. The molecule has 4 aromatic rings. The standard InChI is InChI=1S/C24H22N4O3S/c25-24(29)19-12-11-18(14-17(19)15-23-26-20-8-2-3-9-21(20)27-23)32(30,31)28-13-5-7-16-6-1-4-10-22(16)28/h1-4,6,8-12,14H,5,7,13,15H2,(H2,25,29)(H,26,27). The number of aryl methyl sites for hydroxylation is 1. The number of anilines is 1. The number of nitrogens with two attached hydrogens (primary N) is 1. The van der Waals surface area contributed by atoms with Crippen LogP contribution >= 0.6 is 0 Å².